The van der Waals surface area contributed by atoms with Gasteiger partial charge in [0.25, 0.3) is 0 Å². The smallest absolute Gasteiger partial charge is 0.319 e. The van der Waals surface area contributed by atoms with E-state index in [1.807, 2.05) is 6.92 Å². The lowest BCUT2D eigenvalue weighted by molar-refractivity contribution is 0.0868. The van der Waals surface area contributed by atoms with Gasteiger partial charge < -0.3 is 15.4 Å². The van der Waals surface area contributed by atoms with Crippen molar-refractivity contribution in [2.75, 3.05) is 11.9 Å². The first kappa shape index (κ1) is 14.5. The van der Waals surface area contributed by atoms with Gasteiger partial charge >= 0.3 is 6.03 Å². The second-order valence-corrected chi connectivity index (χ2v) is 5.08. The van der Waals surface area contributed by atoms with E-state index in [1.165, 1.54) is 6.92 Å². The van der Waals surface area contributed by atoms with Crippen LogP contribution >= 0.6 is 0 Å². The predicted molar refractivity (Wildman–Crippen MR) is 77.0 cm³/mol. The van der Waals surface area contributed by atoms with Gasteiger partial charge in [-0.3, -0.25) is 4.79 Å². The Bertz CT molecular complexity index is 496. The number of ketones is 1. The third kappa shape index (κ3) is 3.81. The Morgan fingerprint density at radius 3 is 2.85 bits per heavy atom. The van der Waals surface area contributed by atoms with Gasteiger partial charge in [-0.15, -0.1) is 0 Å². The second kappa shape index (κ2) is 6.52. The van der Waals surface area contributed by atoms with Gasteiger partial charge in [0.2, 0.25) is 0 Å². The van der Waals surface area contributed by atoms with Crippen molar-refractivity contribution in [3.63, 3.8) is 0 Å². The van der Waals surface area contributed by atoms with Gasteiger partial charge in [0.1, 0.15) is 0 Å². The van der Waals surface area contributed by atoms with Crippen LogP contribution in [0.5, 0.6) is 0 Å². The highest BCUT2D eigenvalue weighted by Crippen LogP contribution is 2.16. The van der Waals surface area contributed by atoms with E-state index in [2.05, 4.69) is 10.6 Å². The lowest BCUT2D eigenvalue weighted by Gasteiger charge is -2.20. The maximum Gasteiger partial charge on any atom is 0.319 e. The summed E-state index contributed by atoms with van der Waals surface area (Å²) in [5.41, 5.74) is 1.18. The summed E-state index contributed by atoms with van der Waals surface area (Å²) in [6.07, 6.45) is 2.10. The Labute approximate surface area is 118 Å². The van der Waals surface area contributed by atoms with Crippen molar-refractivity contribution in [1.82, 2.24) is 5.32 Å². The van der Waals surface area contributed by atoms with Gasteiger partial charge in [-0.1, -0.05) is 12.1 Å². The minimum Gasteiger partial charge on any atom is -0.376 e. The maximum absolute atomic E-state index is 11.9. The zero-order valence-corrected chi connectivity index (χ0v) is 11.8. The highest BCUT2D eigenvalue weighted by molar-refractivity contribution is 5.96. The van der Waals surface area contributed by atoms with E-state index in [0.717, 1.165) is 19.4 Å². The first-order valence-corrected chi connectivity index (χ1v) is 6.86. The number of hydrogen-bond donors (Lipinski definition) is 2. The number of amides is 2. The molecule has 5 heteroatoms. The molecule has 1 heterocycles. The number of Topliss-reactive ketones (excluding diaryl/α,β-unsaturated/α-hetero) is 1. The molecule has 2 rings (SSSR count). The van der Waals surface area contributed by atoms with Crippen LogP contribution in [0.4, 0.5) is 10.5 Å². The van der Waals surface area contributed by atoms with Gasteiger partial charge in [0, 0.05) is 17.9 Å². The van der Waals surface area contributed by atoms with Crippen LogP contribution in [0.15, 0.2) is 24.3 Å². The molecule has 0 aromatic heterocycles. The Balaban J connectivity index is 1.90. The summed E-state index contributed by atoms with van der Waals surface area (Å²) in [5.74, 6) is -0.0261. The zero-order valence-electron chi connectivity index (χ0n) is 11.8. The fraction of sp³-hybridized carbons (Fsp3) is 0.467. The first-order valence-electron chi connectivity index (χ1n) is 6.86. The van der Waals surface area contributed by atoms with Crippen LogP contribution in [0.3, 0.4) is 0 Å². The minimum absolute atomic E-state index is 0.0261. The maximum atomic E-state index is 11.9. The van der Waals surface area contributed by atoms with E-state index in [-0.39, 0.29) is 24.0 Å². The Hall–Kier alpha value is -1.88. The number of hydrogen-bond acceptors (Lipinski definition) is 3. The molecule has 1 aliphatic heterocycles. The van der Waals surface area contributed by atoms with Gasteiger partial charge in [-0.2, -0.15) is 0 Å². The summed E-state index contributed by atoms with van der Waals surface area (Å²) >= 11 is 0. The normalized spacial score (nSPS) is 19.4. The summed E-state index contributed by atoms with van der Waals surface area (Å²) < 4.78 is 5.53. The quantitative estimate of drug-likeness (QED) is 0.831. The molecule has 0 saturated carbocycles. The van der Waals surface area contributed by atoms with E-state index in [1.54, 1.807) is 24.3 Å². The fourth-order valence-electron chi connectivity index (χ4n) is 2.28. The summed E-state index contributed by atoms with van der Waals surface area (Å²) in [5, 5.41) is 5.59. The SMILES string of the molecule is CC(=O)c1cccc(NC(=O)N[C@@H](C)[C@@H]2CCCO2)c1. The van der Waals surface area contributed by atoms with Crippen molar-refractivity contribution in [3.8, 4) is 0 Å². The summed E-state index contributed by atoms with van der Waals surface area (Å²) in [4.78, 5) is 23.2. The van der Waals surface area contributed by atoms with E-state index in [0.29, 0.717) is 11.3 Å². The number of nitrogens with one attached hydrogen (secondary N) is 2. The number of carbonyl (C=O) groups is 2. The summed E-state index contributed by atoms with van der Waals surface area (Å²) in [6.45, 7) is 4.19. The molecule has 0 aliphatic carbocycles. The highest BCUT2D eigenvalue weighted by atomic mass is 16.5. The van der Waals surface area contributed by atoms with Crippen LogP contribution in [-0.4, -0.2) is 30.6 Å². The van der Waals surface area contributed by atoms with Crippen molar-refractivity contribution in [2.24, 2.45) is 0 Å². The fourth-order valence-corrected chi connectivity index (χ4v) is 2.28. The second-order valence-electron chi connectivity index (χ2n) is 5.08. The average molecular weight is 276 g/mol. The van der Waals surface area contributed by atoms with Crippen molar-refractivity contribution in [2.45, 2.75) is 38.8 Å². The molecule has 1 fully saturated rings. The number of anilines is 1. The zero-order chi connectivity index (χ0) is 14.5. The van der Waals surface area contributed by atoms with E-state index >= 15 is 0 Å². The molecule has 1 aromatic rings. The van der Waals surface area contributed by atoms with E-state index in [4.69, 9.17) is 4.74 Å². The van der Waals surface area contributed by atoms with Crippen LogP contribution in [0, 0.1) is 0 Å². The van der Waals surface area contributed by atoms with Gasteiger partial charge in [0.05, 0.1) is 12.1 Å². The third-order valence-corrected chi connectivity index (χ3v) is 3.41. The molecule has 0 radical (unpaired) electrons. The van der Waals surface area contributed by atoms with Crippen molar-refractivity contribution in [3.05, 3.63) is 29.8 Å². The Morgan fingerprint density at radius 2 is 2.20 bits per heavy atom. The van der Waals surface area contributed by atoms with Crippen molar-refractivity contribution >= 4 is 17.5 Å². The molecule has 2 atom stereocenters. The molecular formula is C15H20N2O3. The molecule has 5 nitrogen and oxygen atoms in total. The van der Waals surface area contributed by atoms with Crippen LogP contribution in [0.1, 0.15) is 37.0 Å². The molecule has 108 valence electrons. The van der Waals surface area contributed by atoms with Crippen molar-refractivity contribution < 1.29 is 14.3 Å². The topological polar surface area (TPSA) is 67.4 Å². The Kier molecular flexibility index (Phi) is 4.74. The molecule has 0 unspecified atom stereocenters. The van der Waals surface area contributed by atoms with E-state index < -0.39 is 0 Å². The number of rotatable bonds is 4. The largest absolute Gasteiger partial charge is 0.376 e. The standard InChI is InChI=1S/C15H20N2O3/c1-10(14-7-4-8-20-14)16-15(19)17-13-6-3-5-12(9-13)11(2)18/h3,5-6,9-10,14H,4,7-8H2,1-2H3,(H2,16,17,19)/t10-,14-/m0/s1. The first-order chi connectivity index (χ1) is 9.56. The highest BCUT2D eigenvalue weighted by Gasteiger charge is 2.23. The van der Waals surface area contributed by atoms with Gasteiger partial charge in [-0.05, 0) is 38.8 Å². The monoisotopic (exact) mass is 276 g/mol. The van der Waals surface area contributed by atoms with Crippen LogP contribution in [0.25, 0.3) is 0 Å². The lowest BCUT2D eigenvalue weighted by Crippen LogP contribution is -2.42. The summed E-state index contributed by atoms with van der Waals surface area (Å²) in [6, 6.07) is 6.57. The molecule has 1 aromatic carbocycles. The number of benzene rings is 1. The molecule has 2 N–H and O–H groups in total. The molecule has 1 aliphatic rings. The van der Waals surface area contributed by atoms with Crippen molar-refractivity contribution in [1.29, 1.82) is 0 Å². The number of ether oxygens (including phenoxy) is 1. The van der Waals surface area contributed by atoms with Gasteiger partial charge in [-0.25, -0.2) is 4.79 Å². The average Bonchev–Trinajstić information content (AvgIpc) is 2.92. The molecule has 1 saturated heterocycles. The molecule has 0 bridgehead atoms. The molecule has 0 spiro atoms. The predicted octanol–water partition coefficient (Wildman–Crippen LogP) is 2.58. The van der Waals surface area contributed by atoms with Crippen LogP contribution < -0.4 is 10.6 Å². The molecular weight excluding hydrogens is 256 g/mol. The number of carbonyl (C=O) groups excluding carboxylic acids is 2. The lowest BCUT2D eigenvalue weighted by atomic mass is 10.1. The Morgan fingerprint density at radius 1 is 1.40 bits per heavy atom. The molecule has 2 amide bonds. The number of urea groups is 1. The van der Waals surface area contributed by atoms with E-state index in [9.17, 15) is 9.59 Å². The summed E-state index contributed by atoms with van der Waals surface area (Å²) in [7, 11) is 0. The van der Waals surface area contributed by atoms with Crippen LogP contribution in [0.2, 0.25) is 0 Å². The van der Waals surface area contributed by atoms with Gasteiger partial charge in [0.15, 0.2) is 5.78 Å². The minimum atomic E-state index is -0.284. The van der Waals surface area contributed by atoms with Crippen LogP contribution in [-0.2, 0) is 4.74 Å². The molecule has 20 heavy (non-hydrogen) atoms. The third-order valence-electron chi connectivity index (χ3n) is 3.41.